The van der Waals surface area contributed by atoms with Crippen LogP contribution in [-0.4, -0.2) is 29.1 Å². The van der Waals surface area contributed by atoms with Crippen molar-refractivity contribution in [3.63, 3.8) is 0 Å². The Morgan fingerprint density at radius 2 is 1.74 bits per heavy atom. The molecular weight excluding hydrogens is 360 g/mol. The van der Waals surface area contributed by atoms with Gasteiger partial charge < -0.3 is 20.9 Å². The quantitative estimate of drug-likeness (QED) is 0.319. The minimum absolute atomic E-state index is 0.161. The van der Waals surface area contributed by atoms with E-state index in [-0.39, 0.29) is 23.2 Å². The fourth-order valence-electron chi connectivity index (χ4n) is 1.98. The lowest BCUT2D eigenvalue weighted by Crippen LogP contribution is -2.21. The Labute approximate surface area is 152 Å². The van der Waals surface area contributed by atoms with Crippen LogP contribution in [0.15, 0.2) is 46.6 Å². The number of rotatable bonds is 7. The molecule has 12 nitrogen and oxygen atoms in total. The number of hydrogen-bond donors (Lipinski definition) is 2. The molecule has 0 aliphatic heterocycles. The Hall–Kier alpha value is -4.22. The van der Waals surface area contributed by atoms with Gasteiger partial charge in [-0.3, -0.25) is 20.2 Å². The number of ether oxygens (including phenoxy) is 2. The smallest absolute Gasteiger partial charge is 0.318 e. The second kappa shape index (κ2) is 8.24. The summed E-state index contributed by atoms with van der Waals surface area (Å²) < 4.78 is 10.7. The zero-order valence-electron chi connectivity index (χ0n) is 13.9. The van der Waals surface area contributed by atoms with Crippen LogP contribution in [0.2, 0.25) is 0 Å². The zero-order valence-corrected chi connectivity index (χ0v) is 13.9. The third kappa shape index (κ3) is 4.88. The number of guanidine groups is 1. The van der Waals surface area contributed by atoms with Crippen molar-refractivity contribution in [2.75, 3.05) is 7.11 Å². The molecule has 0 aliphatic rings. The number of non-ortho nitro benzene ring substituents is 1. The molecule has 4 N–H and O–H groups in total. The Bertz CT molecular complexity index is 938. The van der Waals surface area contributed by atoms with Crippen LogP contribution in [0.5, 0.6) is 17.2 Å². The molecule has 12 heteroatoms. The lowest BCUT2D eigenvalue weighted by molar-refractivity contribution is -0.394. The molecule has 27 heavy (non-hydrogen) atoms. The van der Waals surface area contributed by atoms with Gasteiger partial charge in [0.05, 0.1) is 29.2 Å². The van der Waals surface area contributed by atoms with E-state index in [1.165, 1.54) is 25.5 Å². The molecule has 2 rings (SSSR count). The number of nitro benzene ring substituents is 2. The largest absolute Gasteiger partial charge is 0.493 e. The van der Waals surface area contributed by atoms with Gasteiger partial charge in [0.15, 0.2) is 11.5 Å². The molecule has 0 spiro atoms. The van der Waals surface area contributed by atoms with Crippen LogP contribution in [0.25, 0.3) is 0 Å². The van der Waals surface area contributed by atoms with E-state index in [0.29, 0.717) is 5.56 Å². The van der Waals surface area contributed by atoms with Crippen molar-refractivity contribution < 1.29 is 19.3 Å². The predicted octanol–water partition coefficient (Wildman–Crippen LogP) is 1.91. The highest BCUT2D eigenvalue weighted by molar-refractivity contribution is 5.82. The Morgan fingerprint density at radius 1 is 1.04 bits per heavy atom. The third-order valence-corrected chi connectivity index (χ3v) is 3.14. The van der Waals surface area contributed by atoms with Gasteiger partial charge in [0.2, 0.25) is 11.7 Å². The molecule has 0 atom stereocenters. The molecule has 0 unspecified atom stereocenters. The minimum atomic E-state index is -0.773. The van der Waals surface area contributed by atoms with Crippen molar-refractivity contribution in [1.82, 2.24) is 0 Å². The van der Waals surface area contributed by atoms with Crippen molar-refractivity contribution in [2.24, 2.45) is 21.7 Å². The monoisotopic (exact) mass is 374 g/mol. The van der Waals surface area contributed by atoms with E-state index in [1.807, 2.05) is 0 Å². The van der Waals surface area contributed by atoms with Gasteiger partial charge in [-0.15, -0.1) is 5.10 Å². The summed E-state index contributed by atoms with van der Waals surface area (Å²) in [6.45, 7) is 0. The second-order valence-corrected chi connectivity index (χ2v) is 4.95. The summed E-state index contributed by atoms with van der Waals surface area (Å²) in [6.07, 6.45) is 1.36. The lowest BCUT2D eigenvalue weighted by Gasteiger charge is -2.11. The highest BCUT2D eigenvalue weighted by Crippen LogP contribution is 2.38. The van der Waals surface area contributed by atoms with Gasteiger partial charge >= 0.3 is 5.69 Å². The number of nitrogens with zero attached hydrogens (tertiary/aromatic N) is 4. The molecule has 140 valence electrons. The number of nitro groups is 2. The molecule has 0 aliphatic carbocycles. The van der Waals surface area contributed by atoms with Crippen LogP contribution in [-0.2, 0) is 0 Å². The first-order valence-electron chi connectivity index (χ1n) is 7.22. The van der Waals surface area contributed by atoms with Crippen molar-refractivity contribution in [2.45, 2.75) is 0 Å². The van der Waals surface area contributed by atoms with Crippen molar-refractivity contribution >= 4 is 23.5 Å². The molecule has 0 saturated heterocycles. The van der Waals surface area contributed by atoms with Gasteiger partial charge in [-0.1, -0.05) is 0 Å². The molecule has 0 bridgehead atoms. The summed E-state index contributed by atoms with van der Waals surface area (Å²) in [5.74, 6) is 0.0271. The first-order chi connectivity index (χ1) is 12.8. The van der Waals surface area contributed by atoms with Crippen molar-refractivity contribution in [3.05, 3.63) is 62.2 Å². The summed E-state index contributed by atoms with van der Waals surface area (Å²) in [6, 6.07) is 7.67. The zero-order chi connectivity index (χ0) is 20.0. The van der Waals surface area contributed by atoms with Crippen LogP contribution in [0.3, 0.4) is 0 Å². The molecule has 0 aromatic heterocycles. The van der Waals surface area contributed by atoms with Crippen LogP contribution in [0.1, 0.15) is 5.56 Å². The topological polar surface area (TPSA) is 182 Å². The van der Waals surface area contributed by atoms with Gasteiger partial charge in [-0.05, 0) is 29.8 Å². The summed E-state index contributed by atoms with van der Waals surface area (Å²) in [5.41, 5.74) is 9.92. The molecule has 0 heterocycles. The van der Waals surface area contributed by atoms with Crippen LogP contribution in [0.4, 0.5) is 11.4 Å². The lowest BCUT2D eigenvalue weighted by atomic mass is 10.2. The summed E-state index contributed by atoms with van der Waals surface area (Å²) >= 11 is 0. The molecule has 2 aromatic rings. The SMILES string of the molecule is COc1cc(/C=N/N=C(N)N)ccc1Oc1ccc([N+](=O)[O-])cc1[N+](=O)[O-]. The average molecular weight is 374 g/mol. The molecule has 0 fully saturated rings. The molecule has 0 amide bonds. The van der Waals surface area contributed by atoms with E-state index >= 15 is 0 Å². The average Bonchev–Trinajstić information content (AvgIpc) is 2.62. The van der Waals surface area contributed by atoms with E-state index in [4.69, 9.17) is 20.9 Å². The summed E-state index contributed by atoms with van der Waals surface area (Å²) in [7, 11) is 1.38. The minimum Gasteiger partial charge on any atom is -0.493 e. The number of benzene rings is 2. The number of methoxy groups -OCH3 is 1. The van der Waals surface area contributed by atoms with Crippen molar-refractivity contribution in [3.8, 4) is 17.2 Å². The van der Waals surface area contributed by atoms with E-state index in [0.717, 1.165) is 18.2 Å². The summed E-state index contributed by atoms with van der Waals surface area (Å²) in [4.78, 5) is 20.5. The normalized spacial score (nSPS) is 10.4. The van der Waals surface area contributed by atoms with Crippen LogP contribution < -0.4 is 20.9 Å². The fourth-order valence-corrected chi connectivity index (χ4v) is 1.98. The maximum atomic E-state index is 11.2. The van der Waals surface area contributed by atoms with Crippen molar-refractivity contribution in [1.29, 1.82) is 0 Å². The molecular formula is C15H14N6O6. The second-order valence-electron chi connectivity index (χ2n) is 4.95. The summed E-state index contributed by atoms with van der Waals surface area (Å²) in [5, 5.41) is 29.1. The number of hydrogen-bond acceptors (Lipinski definition) is 8. The number of nitrogens with two attached hydrogens (primary N) is 2. The molecule has 0 saturated carbocycles. The Morgan fingerprint density at radius 3 is 2.33 bits per heavy atom. The van der Waals surface area contributed by atoms with Gasteiger partial charge in [0.25, 0.3) is 5.69 Å². The Kier molecular flexibility index (Phi) is 5.83. The highest BCUT2D eigenvalue weighted by atomic mass is 16.6. The Balaban J connectivity index is 2.37. The maximum absolute atomic E-state index is 11.2. The van der Waals surface area contributed by atoms with E-state index in [2.05, 4.69) is 10.2 Å². The molecule has 2 aromatic carbocycles. The highest BCUT2D eigenvalue weighted by Gasteiger charge is 2.22. The van der Waals surface area contributed by atoms with Crippen LogP contribution >= 0.6 is 0 Å². The van der Waals surface area contributed by atoms with Gasteiger partial charge in [-0.2, -0.15) is 5.10 Å². The van der Waals surface area contributed by atoms with Gasteiger partial charge in [0, 0.05) is 6.07 Å². The predicted molar refractivity (Wildman–Crippen MR) is 96.2 cm³/mol. The standard InChI is InChI=1S/C15H14N6O6/c1-26-14-6-9(8-18-19-15(16)17)2-4-13(14)27-12-5-3-10(20(22)23)7-11(12)21(24)25/h2-8H,1H3,(H4,16,17,19)/b18-8+. The molecule has 0 radical (unpaired) electrons. The van der Waals surface area contributed by atoms with Gasteiger partial charge in [-0.25, -0.2) is 0 Å². The van der Waals surface area contributed by atoms with E-state index < -0.39 is 21.2 Å². The first kappa shape index (κ1) is 19.1. The maximum Gasteiger partial charge on any atom is 0.318 e. The van der Waals surface area contributed by atoms with E-state index in [9.17, 15) is 20.2 Å². The third-order valence-electron chi connectivity index (χ3n) is 3.14. The van der Waals surface area contributed by atoms with E-state index in [1.54, 1.807) is 6.07 Å². The fraction of sp³-hybridized carbons (Fsp3) is 0.0667. The van der Waals surface area contributed by atoms with Gasteiger partial charge in [0.1, 0.15) is 0 Å². The first-order valence-corrected chi connectivity index (χ1v) is 7.22. The van der Waals surface area contributed by atoms with Crippen LogP contribution in [0, 0.1) is 20.2 Å².